The molecule has 7 nitrogen and oxygen atoms in total. The van der Waals surface area contributed by atoms with Gasteiger partial charge in [0, 0.05) is 36.6 Å². The van der Waals surface area contributed by atoms with Crippen molar-refractivity contribution < 1.29 is 19.7 Å². The van der Waals surface area contributed by atoms with Gasteiger partial charge in [-0.25, -0.2) is 0 Å². The number of carbonyl (C=O) groups excluding carboxylic acids is 1. The molecule has 3 aromatic rings. The Kier molecular flexibility index (Phi) is 7.96. The van der Waals surface area contributed by atoms with E-state index in [9.17, 15) is 9.90 Å². The van der Waals surface area contributed by atoms with Gasteiger partial charge in [-0.05, 0) is 60.6 Å². The van der Waals surface area contributed by atoms with Gasteiger partial charge in [0.2, 0.25) is 0 Å². The van der Waals surface area contributed by atoms with E-state index >= 15 is 0 Å². The molecule has 0 aliphatic carbocycles. The van der Waals surface area contributed by atoms with Crippen molar-refractivity contribution in [1.29, 1.82) is 0 Å². The van der Waals surface area contributed by atoms with Crippen LogP contribution in [0.1, 0.15) is 46.4 Å². The van der Waals surface area contributed by atoms with Gasteiger partial charge in [-0.1, -0.05) is 35.6 Å². The van der Waals surface area contributed by atoms with Crippen LogP contribution in [0.2, 0.25) is 5.02 Å². The normalized spacial score (nSPS) is 13.9. The largest absolute Gasteiger partial charge is 0.505 e. The van der Waals surface area contributed by atoms with Crippen molar-refractivity contribution in [2.24, 2.45) is 5.92 Å². The zero-order valence-electron chi connectivity index (χ0n) is 18.7. The summed E-state index contributed by atoms with van der Waals surface area (Å²) in [5.41, 5.74) is 2.77. The second-order valence-electron chi connectivity index (χ2n) is 8.28. The molecule has 1 fully saturated rings. The Balaban J connectivity index is 1.64. The van der Waals surface area contributed by atoms with E-state index in [0.29, 0.717) is 33.8 Å². The molecule has 1 saturated heterocycles. The first-order valence-electron chi connectivity index (χ1n) is 11.3. The van der Waals surface area contributed by atoms with Crippen molar-refractivity contribution in [1.82, 2.24) is 15.5 Å². The summed E-state index contributed by atoms with van der Waals surface area (Å²) < 4.78 is 5.46. The Bertz CT molecular complexity index is 1230. The molecule has 1 aromatic heterocycles. The minimum absolute atomic E-state index is 0.0401. The van der Waals surface area contributed by atoms with E-state index in [1.165, 1.54) is 0 Å². The SMILES string of the molecule is O=C(NCc1ccc(Cl)cc1)c1nnc2c(C#CCCO)cc(CC3CCOCC3)cc2c1O. The fourth-order valence-corrected chi connectivity index (χ4v) is 4.12. The van der Waals surface area contributed by atoms with E-state index in [0.717, 1.165) is 43.6 Å². The predicted molar refractivity (Wildman–Crippen MR) is 130 cm³/mol. The zero-order valence-corrected chi connectivity index (χ0v) is 19.4. The number of aliphatic hydroxyl groups excluding tert-OH is 1. The highest BCUT2D eigenvalue weighted by Gasteiger charge is 2.20. The maximum atomic E-state index is 12.8. The molecule has 8 heteroatoms. The van der Waals surface area contributed by atoms with E-state index in [4.69, 9.17) is 21.4 Å². The molecular formula is C26H26ClN3O4. The third-order valence-corrected chi connectivity index (χ3v) is 6.06. The fraction of sp³-hybridized carbons (Fsp3) is 0.346. The molecule has 4 rings (SSSR count). The summed E-state index contributed by atoms with van der Waals surface area (Å²) in [5.74, 6) is 5.68. The van der Waals surface area contributed by atoms with Crippen LogP contribution >= 0.6 is 11.6 Å². The molecule has 0 spiro atoms. The number of halogens is 1. The van der Waals surface area contributed by atoms with E-state index in [1.54, 1.807) is 12.1 Å². The second-order valence-corrected chi connectivity index (χ2v) is 8.72. The van der Waals surface area contributed by atoms with Gasteiger partial charge in [-0.3, -0.25) is 4.79 Å². The molecule has 0 unspecified atom stereocenters. The molecule has 0 atom stereocenters. The van der Waals surface area contributed by atoms with Crippen LogP contribution in [0.3, 0.4) is 0 Å². The van der Waals surface area contributed by atoms with Crippen LogP contribution in [0.5, 0.6) is 5.75 Å². The van der Waals surface area contributed by atoms with E-state index < -0.39 is 5.91 Å². The monoisotopic (exact) mass is 479 g/mol. The summed E-state index contributed by atoms with van der Waals surface area (Å²) in [5, 5.41) is 32.1. The summed E-state index contributed by atoms with van der Waals surface area (Å²) in [6.07, 6.45) is 3.09. The van der Waals surface area contributed by atoms with Gasteiger partial charge in [0.05, 0.1) is 12.2 Å². The van der Waals surface area contributed by atoms with Crippen molar-refractivity contribution in [3.63, 3.8) is 0 Å². The fourth-order valence-electron chi connectivity index (χ4n) is 3.99. The number of nitrogens with one attached hydrogen (secondary N) is 1. The summed E-state index contributed by atoms with van der Waals surface area (Å²) in [7, 11) is 0. The Morgan fingerprint density at radius 2 is 1.91 bits per heavy atom. The molecule has 1 amide bonds. The van der Waals surface area contributed by atoms with Crippen molar-refractivity contribution >= 4 is 28.4 Å². The van der Waals surface area contributed by atoms with Gasteiger partial charge in [0.15, 0.2) is 11.4 Å². The summed E-state index contributed by atoms with van der Waals surface area (Å²) in [4.78, 5) is 12.8. The van der Waals surface area contributed by atoms with E-state index in [1.807, 2.05) is 24.3 Å². The average molecular weight is 480 g/mol. The highest BCUT2D eigenvalue weighted by atomic mass is 35.5. The lowest BCUT2D eigenvalue weighted by Gasteiger charge is -2.22. The van der Waals surface area contributed by atoms with Gasteiger partial charge in [0.1, 0.15) is 5.52 Å². The first-order chi connectivity index (χ1) is 16.5. The van der Waals surface area contributed by atoms with Crippen molar-refractivity contribution in [3.05, 3.63) is 63.8 Å². The van der Waals surface area contributed by atoms with E-state index in [-0.39, 0.29) is 24.6 Å². The Morgan fingerprint density at radius 1 is 1.15 bits per heavy atom. The molecule has 2 aromatic carbocycles. The number of amides is 1. The lowest BCUT2D eigenvalue weighted by Crippen LogP contribution is -2.24. The first-order valence-corrected chi connectivity index (χ1v) is 11.7. The summed E-state index contributed by atoms with van der Waals surface area (Å²) in [6.45, 7) is 1.71. The lowest BCUT2D eigenvalue weighted by molar-refractivity contribution is 0.0665. The molecule has 3 N–H and O–H groups in total. The topological polar surface area (TPSA) is 105 Å². The maximum Gasteiger partial charge on any atom is 0.275 e. The standard InChI is InChI=1S/C26H26ClN3O4/c27-21-6-4-18(5-7-21)16-28-26(33)24-25(32)22-15-19(13-17-8-11-34-12-9-17)14-20(3-1-2-10-31)23(22)29-30-24/h4-7,14-15,17,31H,2,8-13,16H2,(H,28,33)(H,29,32). The van der Waals surface area contributed by atoms with Crippen LogP contribution in [0, 0.1) is 17.8 Å². The quantitative estimate of drug-likeness (QED) is 0.466. The van der Waals surface area contributed by atoms with Crippen molar-refractivity contribution in [2.75, 3.05) is 19.8 Å². The molecule has 0 radical (unpaired) electrons. The molecular weight excluding hydrogens is 454 g/mol. The van der Waals surface area contributed by atoms with Crippen LogP contribution in [0.15, 0.2) is 36.4 Å². The molecule has 0 bridgehead atoms. The molecule has 1 aliphatic rings. The number of hydrogen-bond acceptors (Lipinski definition) is 6. The van der Waals surface area contributed by atoms with Crippen LogP contribution in [-0.2, 0) is 17.7 Å². The van der Waals surface area contributed by atoms with Crippen LogP contribution in [0.25, 0.3) is 10.9 Å². The van der Waals surface area contributed by atoms with Gasteiger partial charge in [-0.15, -0.1) is 10.2 Å². The number of aliphatic hydroxyl groups is 1. The number of rotatable bonds is 6. The molecule has 0 saturated carbocycles. The first kappa shape index (κ1) is 24.0. The number of nitrogens with zero attached hydrogens (tertiary/aromatic N) is 2. The van der Waals surface area contributed by atoms with Crippen LogP contribution < -0.4 is 5.32 Å². The smallest absolute Gasteiger partial charge is 0.275 e. The number of hydrogen-bond donors (Lipinski definition) is 3. The molecule has 176 valence electrons. The Hall–Kier alpha value is -3.18. The number of aromatic hydroxyl groups is 1. The molecule has 1 aliphatic heterocycles. The number of carbonyl (C=O) groups is 1. The number of benzene rings is 2. The highest BCUT2D eigenvalue weighted by Crippen LogP contribution is 2.31. The zero-order chi connectivity index (χ0) is 23.9. The Morgan fingerprint density at radius 3 is 2.65 bits per heavy atom. The minimum Gasteiger partial charge on any atom is -0.505 e. The van der Waals surface area contributed by atoms with Gasteiger partial charge >= 0.3 is 0 Å². The Labute approximate surface area is 203 Å². The molecule has 34 heavy (non-hydrogen) atoms. The average Bonchev–Trinajstić information content (AvgIpc) is 2.85. The highest BCUT2D eigenvalue weighted by molar-refractivity contribution is 6.30. The lowest BCUT2D eigenvalue weighted by atomic mass is 9.90. The van der Waals surface area contributed by atoms with Crippen LogP contribution in [-0.4, -0.2) is 46.1 Å². The third-order valence-electron chi connectivity index (χ3n) is 5.81. The summed E-state index contributed by atoms with van der Waals surface area (Å²) >= 11 is 5.91. The number of fused-ring (bicyclic) bond motifs is 1. The number of ether oxygens (including phenoxy) is 1. The minimum atomic E-state index is -0.524. The van der Waals surface area contributed by atoms with E-state index in [2.05, 4.69) is 27.4 Å². The predicted octanol–water partition coefficient (Wildman–Crippen LogP) is 3.62. The van der Waals surface area contributed by atoms with Gasteiger partial charge in [-0.2, -0.15) is 0 Å². The maximum absolute atomic E-state index is 12.8. The third kappa shape index (κ3) is 5.84. The summed E-state index contributed by atoms with van der Waals surface area (Å²) in [6, 6.07) is 10.9. The van der Waals surface area contributed by atoms with Gasteiger partial charge < -0.3 is 20.3 Å². The van der Waals surface area contributed by atoms with Crippen molar-refractivity contribution in [2.45, 2.75) is 32.2 Å². The van der Waals surface area contributed by atoms with Gasteiger partial charge in [0.25, 0.3) is 5.91 Å². The number of aromatic nitrogens is 2. The van der Waals surface area contributed by atoms with Crippen LogP contribution in [0.4, 0.5) is 0 Å². The second kappa shape index (κ2) is 11.3. The van der Waals surface area contributed by atoms with Crippen molar-refractivity contribution in [3.8, 4) is 17.6 Å². The molecule has 2 heterocycles.